The number of fused-ring (bicyclic) bond motifs is 1. The second-order valence-electron chi connectivity index (χ2n) is 5.11. The summed E-state index contributed by atoms with van der Waals surface area (Å²) in [6.07, 6.45) is 8.45. The maximum Gasteiger partial charge on any atom is 0.319 e. The van der Waals surface area contributed by atoms with Gasteiger partial charge < -0.3 is 15.0 Å². The summed E-state index contributed by atoms with van der Waals surface area (Å²) < 4.78 is 1.92. The lowest BCUT2D eigenvalue weighted by atomic mass is 10.2. The molecular formula is C14H18N4O. The third-order valence-electron chi connectivity index (χ3n) is 3.54. The highest BCUT2D eigenvalue weighted by atomic mass is 16.2. The van der Waals surface area contributed by atoms with Gasteiger partial charge in [0.05, 0.1) is 11.4 Å². The van der Waals surface area contributed by atoms with Crippen LogP contribution in [0.25, 0.3) is 5.65 Å². The molecule has 0 bridgehead atoms. The Balaban J connectivity index is 1.75. The van der Waals surface area contributed by atoms with E-state index in [1.807, 2.05) is 35.9 Å². The van der Waals surface area contributed by atoms with Gasteiger partial charge in [-0.3, -0.25) is 0 Å². The number of carbonyl (C=O) groups excluding carboxylic acids is 1. The van der Waals surface area contributed by atoms with Gasteiger partial charge >= 0.3 is 6.03 Å². The Bertz CT molecular complexity index is 599. The molecule has 5 heteroatoms. The number of aryl methyl sites for hydroxylation is 1. The standard InChI is InChI=1S/C14H18N4O/c1-10-9-18-8-4-7-12(13(18)15-10)17-14(19)16-11-5-2-3-6-11/h4,7-9,11H,2-3,5-6H2,1H3,(H2,16,17,19). The van der Waals surface area contributed by atoms with Crippen LogP contribution in [0.1, 0.15) is 31.4 Å². The molecular weight excluding hydrogens is 240 g/mol. The maximum atomic E-state index is 12.0. The highest BCUT2D eigenvalue weighted by Gasteiger charge is 2.17. The van der Waals surface area contributed by atoms with Gasteiger partial charge in [0.2, 0.25) is 0 Å². The van der Waals surface area contributed by atoms with Crippen molar-refractivity contribution in [1.82, 2.24) is 14.7 Å². The van der Waals surface area contributed by atoms with Crippen LogP contribution < -0.4 is 10.6 Å². The fraction of sp³-hybridized carbons (Fsp3) is 0.429. The Kier molecular flexibility index (Phi) is 3.11. The quantitative estimate of drug-likeness (QED) is 0.870. The molecule has 0 spiro atoms. The molecule has 2 aromatic heterocycles. The summed E-state index contributed by atoms with van der Waals surface area (Å²) in [6.45, 7) is 1.94. The van der Waals surface area contributed by atoms with Gasteiger partial charge in [-0.05, 0) is 31.9 Å². The van der Waals surface area contributed by atoms with Crippen molar-refractivity contribution in [3.05, 3.63) is 30.2 Å². The van der Waals surface area contributed by atoms with Crippen LogP contribution in [-0.2, 0) is 0 Å². The van der Waals surface area contributed by atoms with E-state index in [0.717, 1.165) is 29.9 Å². The predicted octanol–water partition coefficient (Wildman–Crippen LogP) is 2.71. The molecule has 0 atom stereocenters. The van der Waals surface area contributed by atoms with Crippen LogP contribution in [0, 0.1) is 6.92 Å². The zero-order chi connectivity index (χ0) is 13.2. The first-order valence-electron chi connectivity index (χ1n) is 6.74. The van der Waals surface area contributed by atoms with Crippen molar-refractivity contribution in [2.24, 2.45) is 0 Å². The Hall–Kier alpha value is -2.04. The molecule has 0 unspecified atom stereocenters. The summed E-state index contributed by atoms with van der Waals surface area (Å²) in [5.74, 6) is 0. The number of hydrogen-bond donors (Lipinski definition) is 2. The van der Waals surface area contributed by atoms with Crippen molar-refractivity contribution < 1.29 is 4.79 Å². The van der Waals surface area contributed by atoms with Gasteiger partial charge in [0.25, 0.3) is 0 Å². The Morgan fingerprint density at radius 1 is 1.42 bits per heavy atom. The van der Waals surface area contributed by atoms with E-state index in [2.05, 4.69) is 15.6 Å². The van der Waals surface area contributed by atoms with E-state index >= 15 is 0 Å². The number of rotatable bonds is 2. The van der Waals surface area contributed by atoms with Gasteiger partial charge in [0, 0.05) is 18.4 Å². The largest absolute Gasteiger partial charge is 0.335 e. The normalized spacial score (nSPS) is 15.8. The predicted molar refractivity (Wildman–Crippen MR) is 74.3 cm³/mol. The molecule has 3 rings (SSSR count). The van der Waals surface area contributed by atoms with Crippen LogP contribution in [0.5, 0.6) is 0 Å². The van der Waals surface area contributed by atoms with E-state index in [1.165, 1.54) is 12.8 Å². The SMILES string of the molecule is Cc1cn2cccc(NC(=O)NC3CCCC3)c2n1. The van der Waals surface area contributed by atoms with Crippen LogP contribution >= 0.6 is 0 Å². The third kappa shape index (κ3) is 2.54. The molecule has 0 aliphatic heterocycles. The first kappa shape index (κ1) is 12.0. The Morgan fingerprint density at radius 3 is 3.00 bits per heavy atom. The topological polar surface area (TPSA) is 58.4 Å². The molecule has 100 valence electrons. The minimum Gasteiger partial charge on any atom is -0.335 e. The summed E-state index contributed by atoms with van der Waals surface area (Å²) in [7, 11) is 0. The lowest BCUT2D eigenvalue weighted by molar-refractivity contribution is 0.248. The van der Waals surface area contributed by atoms with Gasteiger partial charge in [-0.15, -0.1) is 0 Å². The lowest BCUT2D eigenvalue weighted by Gasteiger charge is -2.13. The second kappa shape index (κ2) is 4.91. The van der Waals surface area contributed by atoms with Crippen LogP contribution in [0.15, 0.2) is 24.5 Å². The van der Waals surface area contributed by atoms with Crippen LogP contribution in [0.2, 0.25) is 0 Å². The zero-order valence-corrected chi connectivity index (χ0v) is 11.0. The van der Waals surface area contributed by atoms with Gasteiger partial charge in [-0.25, -0.2) is 9.78 Å². The van der Waals surface area contributed by atoms with E-state index in [1.54, 1.807) is 0 Å². The minimum absolute atomic E-state index is 0.138. The van der Waals surface area contributed by atoms with Gasteiger partial charge in [0.1, 0.15) is 0 Å². The number of hydrogen-bond acceptors (Lipinski definition) is 2. The first-order valence-corrected chi connectivity index (χ1v) is 6.74. The number of anilines is 1. The number of imidazole rings is 1. The summed E-state index contributed by atoms with van der Waals surface area (Å²) in [5.41, 5.74) is 2.46. The molecule has 1 aliphatic rings. The molecule has 0 saturated heterocycles. The summed E-state index contributed by atoms with van der Waals surface area (Å²) in [5, 5.41) is 5.90. The zero-order valence-electron chi connectivity index (χ0n) is 11.0. The molecule has 0 radical (unpaired) electrons. The average Bonchev–Trinajstić information content (AvgIpc) is 2.97. The smallest absolute Gasteiger partial charge is 0.319 e. The summed E-state index contributed by atoms with van der Waals surface area (Å²) >= 11 is 0. The van der Waals surface area contributed by atoms with Crippen molar-refractivity contribution in [1.29, 1.82) is 0 Å². The summed E-state index contributed by atoms with van der Waals surface area (Å²) in [4.78, 5) is 16.4. The van der Waals surface area contributed by atoms with E-state index < -0.39 is 0 Å². The third-order valence-corrected chi connectivity index (χ3v) is 3.54. The fourth-order valence-corrected chi connectivity index (χ4v) is 2.65. The monoisotopic (exact) mass is 258 g/mol. The highest BCUT2D eigenvalue weighted by molar-refractivity contribution is 5.93. The number of amides is 2. The maximum absolute atomic E-state index is 12.0. The van der Waals surface area contributed by atoms with Gasteiger partial charge in [-0.1, -0.05) is 12.8 Å². The first-order chi connectivity index (χ1) is 9.22. The van der Waals surface area contributed by atoms with Crippen LogP contribution in [0.4, 0.5) is 10.5 Å². The van der Waals surface area contributed by atoms with Crippen molar-refractivity contribution in [2.75, 3.05) is 5.32 Å². The van der Waals surface area contributed by atoms with Gasteiger partial charge in [-0.2, -0.15) is 0 Å². The number of urea groups is 1. The van der Waals surface area contributed by atoms with Crippen molar-refractivity contribution in [2.45, 2.75) is 38.6 Å². The minimum atomic E-state index is -0.138. The van der Waals surface area contributed by atoms with Crippen LogP contribution in [0.3, 0.4) is 0 Å². The number of pyridine rings is 1. The van der Waals surface area contributed by atoms with Gasteiger partial charge in [0.15, 0.2) is 5.65 Å². The van der Waals surface area contributed by atoms with E-state index in [4.69, 9.17) is 0 Å². The van der Waals surface area contributed by atoms with Crippen molar-refractivity contribution in [3.8, 4) is 0 Å². The van der Waals surface area contributed by atoms with E-state index in [0.29, 0.717) is 6.04 Å². The molecule has 1 aliphatic carbocycles. The molecule has 5 nitrogen and oxygen atoms in total. The molecule has 2 amide bonds. The number of carbonyl (C=O) groups is 1. The van der Waals surface area contributed by atoms with Crippen LogP contribution in [-0.4, -0.2) is 21.5 Å². The van der Waals surface area contributed by atoms with E-state index in [-0.39, 0.29) is 6.03 Å². The molecule has 2 heterocycles. The van der Waals surface area contributed by atoms with Crippen molar-refractivity contribution in [3.63, 3.8) is 0 Å². The highest BCUT2D eigenvalue weighted by Crippen LogP contribution is 2.19. The number of nitrogens with one attached hydrogen (secondary N) is 2. The molecule has 2 aromatic rings. The molecule has 19 heavy (non-hydrogen) atoms. The number of aromatic nitrogens is 2. The number of nitrogens with zero attached hydrogens (tertiary/aromatic N) is 2. The van der Waals surface area contributed by atoms with Crippen molar-refractivity contribution >= 4 is 17.4 Å². The Labute approximate surface area is 112 Å². The fourth-order valence-electron chi connectivity index (χ4n) is 2.65. The molecule has 0 aromatic carbocycles. The van der Waals surface area contributed by atoms with E-state index in [9.17, 15) is 4.79 Å². The molecule has 1 fully saturated rings. The molecule has 1 saturated carbocycles. The second-order valence-corrected chi connectivity index (χ2v) is 5.11. The lowest BCUT2D eigenvalue weighted by Crippen LogP contribution is -2.36. The molecule has 2 N–H and O–H groups in total. The summed E-state index contributed by atoms with van der Waals surface area (Å²) in [6, 6.07) is 3.96. The average molecular weight is 258 g/mol. The Morgan fingerprint density at radius 2 is 2.21 bits per heavy atom.